The molecule has 4 nitrogen and oxygen atoms in total. The van der Waals surface area contributed by atoms with Crippen LogP contribution in [0.5, 0.6) is 0 Å². The molecule has 4 N–H and O–H groups in total. The topological polar surface area (TPSA) is 75.4 Å². The van der Waals surface area contributed by atoms with Crippen molar-refractivity contribution >= 4 is 5.91 Å². The van der Waals surface area contributed by atoms with E-state index >= 15 is 0 Å². The second kappa shape index (κ2) is 9.42. The molecule has 4 heteroatoms. The number of aliphatic hydroxyl groups is 1. The number of carbonyl (C=O) groups is 1. The van der Waals surface area contributed by atoms with Gasteiger partial charge in [-0.1, -0.05) is 13.3 Å². The molecule has 0 heterocycles. The summed E-state index contributed by atoms with van der Waals surface area (Å²) in [5.74, 6) is 0.167. The highest BCUT2D eigenvalue weighted by Gasteiger charge is 2.12. The molecule has 0 radical (unpaired) electrons. The molecule has 0 aromatic carbocycles. The SMILES string of the molecule is CC(N)CCCC(C)C(=O)NCCCC(C)O. The van der Waals surface area contributed by atoms with Crippen LogP contribution in [0.3, 0.4) is 0 Å². The first-order chi connectivity index (χ1) is 7.93. The van der Waals surface area contributed by atoms with Gasteiger partial charge in [0.2, 0.25) is 5.91 Å². The van der Waals surface area contributed by atoms with E-state index in [4.69, 9.17) is 10.8 Å². The fraction of sp³-hybridized carbons (Fsp3) is 0.923. The predicted octanol–water partition coefficient (Wildman–Crippen LogP) is 1.42. The zero-order valence-corrected chi connectivity index (χ0v) is 11.4. The molecule has 0 aromatic rings. The third-order valence-electron chi connectivity index (χ3n) is 2.84. The van der Waals surface area contributed by atoms with Crippen LogP contribution in [0.15, 0.2) is 0 Å². The highest BCUT2D eigenvalue weighted by Crippen LogP contribution is 2.09. The van der Waals surface area contributed by atoms with Gasteiger partial charge in [-0.2, -0.15) is 0 Å². The van der Waals surface area contributed by atoms with Crippen LogP contribution in [0, 0.1) is 5.92 Å². The summed E-state index contributed by atoms with van der Waals surface area (Å²) >= 11 is 0. The first kappa shape index (κ1) is 16.4. The van der Waals surface area contributed by atoms with Crippen LogP contribution >= 0.6 is 0 Å². The van der Waals surface area contributed by atoms with Gasteiger partial charge < -0.3 is 16.2 Å². The molecule has 0 aliphatic rings. The van der Waals surface area contributed by atoms with Crippen molar-refractivity contribution in [3.8, 4) is 0 Å². The Labute approximate surface area is 105 Å². The molecule has 17 heavy (non-hydrogen) atoms. The highest BCUT2D eigenvalue weighted by molar-refractivity contribution is 5.78. The summed E-state index contributed by atoms with van der Waals surface area (Å²) in [6, 6.07) is 0.219. The maximum Gasteiger partial charge on any atom is 0.222 e. The van der Waals surface area contributed by atoms with Crippen molar-refractivity contribution in [3.05, 3.63) is 0 Å². The number of nitrogens with one attached hydrogen (secondary N) is 1. The van der Waals surface area contributed by atoms with E-state index in [9.17, 15) is 4.79 Å². The first-order valence-electron chi connectivity index (χ1n) is 6.64. The summed E-state index contributed by atoms with van der Waals surface area (Å²) in [5, 5.41) is 12.0. The quantitative estimate of drug-likeness (QED) is 0.537. The number of rotatable bonds is 9. The Morgan fingerprint density at radius 3 is 2.35 bits per heavy atom. The average molecular weight is 244 g/mol. The summed E-state index contributed by atoms with van der Waals surface area (Å²) in [5.41, 5.74) is 5.66. The Morgan fingerprint density at radius 2 is 1.82 bits per heavy atom. The Bertz CT molecular complexity index is 206. The average Bonchev–Trinajstić information content (AvgIpc) is 2.23. The van der Waals surface area contributed by atoms with E-state index in [2.05, 4.69) is 5.32 Å². The highest BCUT2D eigenvalue weighted by atomic mass is 16.3. The summed E-state index contributed by atoms with van der Waals surface area (Å²) in [6.07, 6.45) is 4.15. The van der Waals surface area contributed by atoms with Gasteiger partial charge in [0.1, 0.15) is 0 Å². The van der Waals surface area contributed by atoms with E-state index < -0.39 is 0 Å². The Hall–Kier alpha value is -0.610. The summed E-state index contributed by atoms with van der Waals surface area (Å²) < 4.78 is 0. The molecule has 102 valence electrons. The van der Waals surface area contributed by atoms with Gasteiger partial charge in [0.15, 0.2) is 0 Å². The lowest BCUT2D eigenvalue weighted by molar-refractivity contribution is -0.124. The lowest BCUT2D eigenvalue weighted by atomic mass is 10.0. The van der Waals surface area contributed by atoms with Gasteiger partial charge in [-0.3, -0.25) is 4.79 Å². The summed E-state index contributed by atoms with van der Waals surface area (Å²) in [7, 11) is 0. The Kier molecular flexibility index (Phi) is 9.09. The number of carbonyl (C=O) groups excluding carboxylic acids is 1. The van der Waals surface area contributed by atoms with Crippen molar-refractivity contribution in [1.29, 1.82) is 0 Å². The minimum atomic E-state index is -0.282. The van der Waals surface area contributed by atoms with Gasteiger partial charge in [0.25, 0.3) is 0 Å². The van der Waals surface area contributed by atoms with Crippen molar-refractivity contribution in [2.24, 2.45) is 11.7 Å². The molecular formula is C13H28N2O2. The van der Waals surface area contributed by atoms with E-state index in [1.807, 2.05) is 13.8 Å². The lowest BCUT2D eigenvalue weighted by Gasteiger charge is -2.13. The van der Waals surface area contributed by atoms with Crippen LogP contribution in [0.1, 0.15) is 52.9 Å². The van der Waals surface area contributed by atoms with E-state index in [1.165, 1.54) is 0 Å². The third-order valence-corrected chi connectivity index (χ3v) is 2.84. The smallest absolute Gasteiger partial charge is 0.222 e. The van der Waals surface area contributed by atoms with Gasteiger partial charge in [-0.05, 0) is 39.5 Å². The predicted molar refractivity (Wildman–Crippen MR) is 70.6 cm³/mol. The van der Waals surface area contributed by atoms with Gasteiger partial charge >= 0.3 is 0 Å². The van der Waals surface area contributed by atoms with Crippen molar-refractivity contribution in [1.82, 2.24) is 5.32 Å². The van der Waals surface area contributed by atoms with Crippen LogP contribution in [0.4, 0.5) is 0 Å². The monoisotopic (exact) mass is 244 g/mol. The molecule has 3 atom stereocenters. The Morgan fingerprint density at radius 1 is 1.18 bits per heavy atom. The number of nitrogens with two attached hydrogens (primary N) is 1. The van der Waals surface area contributed by atoms with Gasteiger partial charge in [-0.15, -0.1) is 0 Å². The maximum absolute atomic E-state index is 11.7. The summed E-state index contributed by atoms with van der Waals surface area (Å²) in [6.45, 7) is 6.35. The zero-order valence-electron chi connectivity index (χ0n) is 11.4. The normalized spacial score (nSPS) is 16.3. The largest absolute Gasteiger partial charge is 0.393 e. The molecule has 1 amide bonds. The van der Waals surface area contributed by atoms with Crippen molar-refractivity contribution in [2.45, 2.75) is 65.0 Å². The van der Waals surface area contributed by atoms with Crippen molar-refractivity contribution < 1.29 is 9.90 Å². The van der Waals surface area contributed by atoms with E-state index in [1.54, 1.807) is 6.92 Å². The van der Waals surface area contributed by atoms with Crippen LogP contribution in [0.25, 0.3) is 0 Å². The fourth-order valence-electron chi connectivity index (χ4n) is 1.66. The first-order valence-corrected chi connectivity index (χ1v) is 6.64. The minimum Gasteiger partial charge on any atom is -0.393 e. The molecule has 0 saturated carbocycles. The molecule has 0 saturated heterocycles. The van der Waals surface area contributed by atoms with Gasteiger partial charge in [0.05, 0.1) is 6.10 Å². The third kappa shape index (κ3) is 10.3. The molecule has 0 fully saturated rings. The molecule has 0 aromatic heterocycles. The standard InChI is InChI=1S/C13H28N2O2/c1-10(6-4-7-11(2)14)13(17)15-9-5-8-12(3)16/h10-12,16H,4-9,14H2,1-3H3,(H,15,17). The molecule has 0 rings (SSSR count). The number of hydrogen-bond acceptors (Lipinski definition) is 3. The lowest BCUT2D eigenvalue weighted by Crippen LogP contribution is -2.30. The number of amides is 1. The minimum absolute atomic E-state index is 0.0558. The van der Waals surface area contributed by atoms with Crippen LogP contribution in [-0.4, -0.2) is 29.7 Å². The number of aliphatic hydroxyl groups excluding tert-OH is 1. The van der Waals surface area contributed by atoms with Crippen molar-refractivity contribution in [3.63, 3.8) is 0 Å². The molecule has 0 bridgehead atoms. The van der Waals surface area contributed by atoms with Crippen molar-refractivity contribution in [2.75, 3.05) is 6.54 Å². The zero-order chi connectivity index (χ0) is 13.3. The summed E-state index contributed by atoms with van der Waals surface area (Å²) in [4.78, 5) is 11.7. The Balaban J connectivity index is 3.53. The van der Waals surface area contributed by atoms with Crippen LogP contribution < -0.4 is 11.1 Å². The van der Waals surface area contributed by atoms with Gasteiger partial charge in [-0.25, -0.2) is 0 Å². The van der Waals surface area contributed by atoms with E-state index in [0.29, 0.717) is 6.54 Å². The molecule has 0 aliphatic heterocycles. The fourth-order valence-corrected chi connectivity index (χ4v) is 1.66. The molecule has 0 aliphatic carbocycles. The molecule has 3 unspecified atom stereocenters. The maximum atomic E-state index is 11.7. The van der Waals surface area contributed by atoms with Crippen LogP contribution in [-0.2, 0) is 4.79 Å². The molecule has 0 spiro atoms. The second-order valence-corrected chi connectivity index (χ2v) is 5.09. The van der Waals surface area contributed by atoms with E-state index in [0.717, 1.165) is 32.1 Å². The molecular weight excluding hydrogens is 216 g/mol. The van der Waals surface area contributed by atoms with Gasteiger partial charge in [0, 0.05) is 18.5 Å². The van der Waals surface area contributed by atoms with E-state index in [-0.39, 0.29) is 24.0 Å². The number of hydrogen-bond donors (Lipinski definition) is 3. The second-order valence-electron chi connectivity index (χ2n) is 5.09. The van der Waals surface area contributed by atoms with Crippen LogP contribution in [0.2, 0.25) is 0 Å².